The number of amides is 2. The summed E-state index contributed by atoms with van der Waals surface area (Å²) < 4.78 is 16.2. The highest BCUT2D eigenvalue weighted by atomic mass is 32.2. The van der Waals surface area contributed by atoms with Gasteiger partial charge in [-0.1, -0.05) is 11.8 Å². The number of thioether (sulfide) groups is 1. The van der Waals surface area contributed by atoms with Crippen LogP contribution >= 0.6 is 11.8 Å². The highest BCUT2D eigenvalue weighted by Gasteiger charge is 2.35. The number of benzene rings is 1. The maximum Gasteiger partial charge on any atom is 0.277 e. The summed E-state index contributed by atoms with van der Waals surface area (Å²) in [7, 11) is 3.14. The fourth-order valence-electron chi connectivity index (χ4n) is 3.30. The van der Waals surface area contributed by atoms with Crippen LogP contribution in [-0.2, 0) is 9.59 Å². The standard InChI is InChI=1S/C20H24N4O5S/c1-27-15-9-14(10-16(11-15)28-2)18-21-22-20(29-18)30-12-17(25)23-5-7-24(8-6-23)19(26)13-3-4-13/h9-11,13H,3-8,12H2,1-2H3. The molecule has 2 heterocycles. The number of ether oxygens (including phenoxy) is 2. The van der Waals surface area contributed by atoms with Crippen LogP contribution in [0.3, 0.4) is 0 Å². The van der Waals surface area contributed by atoms with Crippen LogP contribution in [0.15, 0.2) is 27.8 Å². The molecule has 30 heavy (non-hydrogen) atoms. The summed E-state index contributed by atoms with van der Waals surface area (Å²) in [4.78, 5) is 28.3. The van der Waals surface area contributed by atoms with Crippen LogP contribution in [0.2, 0.25) is 0 Å². The highest BCUT2D eigenvalue weighted by molar-refractivity contribution is 7.99. The number of hydrogen-bond donors (Lipinski definition) is 0. The van der Waals surface area contributed by atoms with Gasteiger partial charge in [0, 0.05) is 43.7 Å². The van der Waals surface area contributed by atoms with Crippen molar-refractivity contribution < 1.29 is 23.5 Å². The molecule has 1 saturated carbocycles. The molecule has 2 fully saturated rings. The third kappa shape index (κ3) is 4.69. The van der Waals surface area contributed by atoms with Crippen molar-refractivity contribution in [3.8, 4) is 23.0 Å². The zero-order valence-electron chi connectivity index (χ0n) is 17.0. The maximum absolute atomic E-state index is 12.5. The van der Waals surface area contributed by atoms with Crippen LogP contribution < -0.4 is 9.47 Å². The Morgan fingerprint density at radius 2 is 1.67 bits per heavy atom. The van der Waals surface area contributed by atoms with E-state index >= 15 is 0 Å². The van der Waals surface area contributed by atoms with Crippen molar-refractivity contribution in [2.75, 3.05) is 46.2 Å². The lowest BCUT2D eigenvalue weighted by Crippen LogP contribution is -2.51. The number of methoxy groups -OCH3 is 2. The quantitative estimate of drug-likeness (QED) is 0.612. The number of carbonyl (C=O) groups excluding carboxylic acids is 2. The number of hydrogen-bond acceptors (Lipinski definition) is 8. The zero-order valence-corrected chi connectivity index (χ0v) is 17.8. The van der Waals surface area contributed by atoms with Gasteiger partial charge < -0.3 is 23.7 Å². The minimum atomic E-state index is 0.00122. The monoisotopic (exact) mass is 432 g/mol. The minimum Gasteiger partial charge on any atom is -0.497 e. The Bertz CT molecular complexity index is 899. The van der Waals surface area contributed by atoms with Crippen LogP contribution in [0, 0.1) is 5.92 Å². The van der Waals surface area contributed by atoms with Crippen LogP contribution in [0.1, 0.15) is 12.8 Å². The van der Waals surface area contributed by atoms with Crippen molar-refractivity contribution in [2.45, 2.75) is 18.1 Å². The Morgan fingerprint density at radius 1 is 1.03 bits per heavy atom. The lowest BCUT2D eigenvalue weighted by atomic mass is 10.2. The molecule has 4 rings (SSSR count). The van der Waals surface area contributed by atoms with E-state index in [2.05, 4.69) is 10.2 Å². The van der Waals surface area contributed by atoms with Gasteiger partial charge in [-0.3, -0.25) is 9.59 Å². The van der Waals surface area contributed by atoms with Crippen LogP contribution in [-0.4, -0.2) is 78.0 Å². The van der Waals surface area contributed by atoms with Gasteiger partial charge in [0.05, 0.1) is 20.0 Å². The number of piperazine rings is 1. The van der Waals surface area contributed by atoms with Gasteiger partial charge in [0.15, 0.2) is 0 Å². The summed E-state index contributed by atoms with van der Waals surface area (Å²) in [6, 6.07) is 5.31. The second kappa shape index (κ2) is 8.95. The average Bonchev–Trinajstić information content (AvgIpc) is 3.54. The van der Waals surface area contributed by atoms with Gasteiger partial charge in [0.2, 0.25) is 17.7 Å². The van der Waals surface area contributed by atoms with Crippen molar-refractivity contribution in [3.05, 3.63) is 18.2 Å². The van der Waals surface area contributed by atoms with Gasteiger partial charge in [-0.2, -0.15) is 0 Å². The van der Waals surface area contributed by atoms with Gasteiger partial charge in [-0.15, -0.1) is 10.2 Å². The first-order valence-corrected chi connectivity index (χ1v) is 10.8. The normalized spacial score (nSPS) is 16.5. The molecule has 9 nitrogen and oxygen atoms in total. The molecule has 2 aromatic rings. The van der Waals surface area contributed by atoms with Gasteiger partial charge >= 0.3 is 0 Å². The van der Waals surface area contributed by atoms with Gasteiger partial charge in [0.1, 0.15) is 11.5 Å². The molecule has 10 heteroatoms. The molecule has 0 N–H and O–H groups in total. The van der Waals surface area contributed by atoms with Gasteiger partial charge in [0.25, 0.3) is 5.22 Å². The zero-order chi connectivity index (χ0) is 21.1. The molecule has 1 aliphatic carbocycles. The third-order valence-electron chi connectivity index (χ3n) is 5.19. The molecule has 0 atom stereocenters. The maximum atomic E-state index is 12.5. The first kappa shape index (κ1) is 20.5. The van der Waals surface area contributed by atoms with E-state index in [1.54, 1.807) is 37.3 Å². The topological polar surface area (TPSA) is 98.0 Å². The number of carbonyl (C=O) groups is 2. The molecule has 0 spiro atoms. The fourth-order valence-corrected chi connectivity index (χ4v) is 3.96. The molecule has 160 valence electrons. The summed E-state index contributed by atoms with van der Waals surface area (Å²) in [5.74, 6) is 2.23. The Morgan fingerprint density at radius 3 is 2.27 bits per heavy atom. The SMILES string of the molecule is COc1cc(OC)cc(-c2nnc(SCC(=O)N3CCN(C(=O)C4CC4)CC3)o2)c1. The summed E-state index contributed by atoms with van der Waals surface area (Å²) in [6.07, 6.45) is 2.01. The number of aromatic nitrogens is 2. The smallest absolute Gasteiger partial charge is 0.277 e. The minimum absolute atomic E-state index is 0.00122. The number of nitrogens with zero attached hydrogens (tertiary/aromatic N) is 4. The molecule has 1 aromatic carbocycles. The van der Waals surface area contributed by atoms with Crippen molar-refractivity contribution in [1.82, 2.24) is 20.0 Å². The first-order chi connectivity index (χ1) is 14.6. The molecule has 0 radical (unpaired) electrons. The largest absolute Gasteiger partial charge is 0.497 e. The molecule has 2 aliphatic rings. The molecule has 0 bridgehead atoms. The van der Waals surface area contributed by atoms with Gasteiger partial charge in [-0.25, -0.2) is 0 Å². The van der Waals surface area contributed by atoms with Crippen molar-refractivity contribution in [2.24, 2.45) is 5.92 Å². The lowest BCUT2D eigenvalue weighted by Gasteiger charge is -2.34. The fraction of sp³-hybridized carbons (Fsp3) is 0.500. The second-order valence-corrected chi connectivity index (χ2v) is 8.17. The van der Waals surface area contributed by atoms with Crippen LogP contribution in [0.4, 0.5) is 0 Å². The molecule has 1 aromatic heterocycles. The molecular weight excluding hydrogens is 408 g/mol. The van der Waals surface area contributed by atoms with E-state index < -0.39 is 0 Å². The second-order valence-electron chi connectivity index (χ2n) is 7.24. The summed E-state index contributed by atoms with van der Waals surface area (Å²) in [5, 5.41) is 8.41. The summed E-state index contributed by atoms with van der Waals surface area (Å²) in [5.41, 5.74) is 0.674. The van der Waals surface area contributed by atoms with Gasteiger partial charge in [-0.05, 0) is 25.0 Å². The predicted octanol–water partition coefficient (Wildman–Crippen LogP) is 1.93. The Labute approximate surface area is 178 Å². The van der Waals surface area contributed by atoms with E-state index in [1.165, 1.54) is 11.8 Å². The summed E-state index contributed by atoms with van der Waals surface area (Å²) in [6.45, 7) is 2.34. The molecule has 2 amide bonds. The van der Waals surface area contributed by atoms with E-state index in [1.807, 2.05) is 4.90 Å². The summed E-state index contributed by atoms with van der Waals surface area (Å²) >= 11 is 1.21. The van der Waals surface area contributed by atoms with Crippen LogP contribution in [0.5, 0.6) is 11.5 Å². The van der Waals surface area contributed by atoms with Crippen molar-refractivity contribution >= 4 is 23.6 Å². The molecule has 0 unspecified atom stereocenters. The van der Waals surface area contributed by atoms with E-state index in [9.17, 15) is 9.59 Å². The Hall–Kier alpha value is -2.75. The lowest BCUT2D eigenvalue weighted by molar-refractivity contribution is -0.139. The highest BCUT2D eigenvalue weighted by Crippen LogP contribution is 2.32. The van der Waals surface area contributed by atoms with E-state index in [0.717, 1.165) is 12.8 Å². The van der Waals surface area contributed by atoms with Crippen LogP contribution in [0.25, 0.3) is 11.5 Å². The van der Waals surface area contributed by atoms with Crippen molar-refractivity contribution in [3.63, 3.8) is 0 Å². The van der Waals surface area contributed by atoms with E-state index in [-0.39, 0.29) is 23.5 Å². The third-order valence-corrected chi connectivity index (χ3v) is 6.00. The Kier molecular flexibility index (Phi) is 6.12. The molecule has 1 aliphatic heterocycles. The van der Waals surface area contributed by atoms with E-state index in [0.29, 0.717) is 54.4 Å². The first-order valence-electron chi connectivity index (χ1n) is 9.83. The molecule has 1 saturated heterocycles. The number of rotatable bonds is 7. The van der Waals surface area contributed by atoms with Crippen molar-refractivity contribution in [1.29, 1.82) is 0 Å². The predicted molar refractivity (Wildman–Crippen MR) is 109 cm³/mol. The average molecular weight is 433 g/mol. The Balaban J connectivity index is 1.30. The molecular formula is C20H24N4O5S. The van der Waals surface area contributed by atoms with E-state index in [4.69, 9.17) is 13.9 Å².